The molecule has 0 saturated carbocycles. The molecule has 0 aliphatic carbocycles. The summed E-state index contributed by atoms with van der Waals surface area (Å²) in [6.45, 7) is 3.87. The van der Waals surface area contributed by atoms with Crippen molar-refractivity contribution in [1.29, 1.82) is 0 Å². The highest BCUT2D eigenvalue weighted by atomic mass is 127. The summed E-state index contributed by atoms with van der Waals surface area (Å²) in [5, 5.41) is 3.98. The number of rotatable bonds is 11. The Morgan fingerprint density at radius 2 is 1.72 bits per heavy atom. The van der Waals surface area contributed by atoms with E-state index in [4.69, 9.17) is 27.9 Å². The lowest BCUT2D eigenvalue weighted by molar-refractivity contribution is -0.143. The summed E-state index contributed by atoms with van der Waals surface area (Å²) in [4.78, 5) is 28.7. The van der Waals surface area contributed by atoms with Gasteiger partial charge in [0.15, 0.2) is 6.61 Å². The van der Waals surface area contributed by atoms with E-state index in [2.05, 4.69) is 27.9 Å². The van der Waals surface area contributed by atoms with Crippen molar-refractivity contribution in [2.75, 3.05) is 6.61 Å². The molecule has 0 radical (unpaired) electrons. The van der Waals surface area contributed by atoms with Gasteiger partial charge in [0.2, 0.25) is 5.91 Å². The molecule has 0 heterocycles. The van der Waals surface area contributed by atoms with Gasteiger partial charge >= 0.3 is 0 Å². The number of halogens is 3. The molecule has 0 aliphatic rings. The maximum atomic E-state index is 13.6. The highest BCUT2D eigenvalue weighted by Gasteiger charge is 2.31. The summed E-state index contributed by atoms with van der Waals surface area (Å²) in [7, 11) is 0. The Morgan fingerprint density at radius 1 is 1.03 bits per heavy atom. The van der Waals surface area contributed by atoms with Gasteiger partial charge in [0.25, 0.3) is 5.91 Å². The van der Waals surface area contributed by atoms with Crippen molar-refractivity contribution in [2.24, 2.45) is 0 Å². The second kappa shape index (κ2) is 13.9. The molecule has 0 spiro atoms. The van der Waals surface area contributed by atoms with Gasteiger partial charge in [-0.25, -0.2) is 0 Å². The third-order valence-corrected chi connectivity index (χ3v) is 7.11. The number of nitrogens with one attached hydrogen (secondary N) is 1. The first-order valence-corrected chi connectivity index (χ1v) is 13.6. The molecule has 8 heteroatoms. The van der Waals surface area contributed by atoms with E-state index in [1.54, 1.807) is 23.1 Å². The number of amides is 2. The highest BCUT2D eigenvalue weighted by molar-refractivity contribution is 14.1. The van der Waals surface area contributed by atoms with Crippen molar-refractivity contribution in [3.05, 3.63) is 97.5 Å². The second-order valence-corrected chi connectivity index (χ2v) is 10.6. The van der Waals surface area contributed by atoms with Crippen LogP contribution < -0.4 is 10.1 Å². The minimum atomic E-state index is -0.763. The predicted octanol–water partition coefficient (Wildman–Crippen LogP) is 6.53. The molecule has 5 nitrogen and oxygen atoms in total. The summed E-state index contributed by atoms with van der Waals surface area (Å²) >= 11 is 14.8. The van der Waals surface area contributed by atoms with Crippen LogP contribution in [-0.4, -0.2) is 35.4 Å². The average Bonchev–Trinajstić information content (AvgIpc) is 2.87. The van der Waals surface area contributed by atoms with Crippen molar-refractivity contribution in [3.63, 3.8) is 0 Å². The maximum absolute atomic E-state index is 13.6. The Bertz CT molecular complexity index is 1160. The molecule has 3 aromatic rings. The second-order valence-electron chi connectivity index (χ2n) is 8.52. The standard InChI is InChI=1S/C28H29Cl2IN2O3/c1-3-19(2)32-28(35)26(15-20-7-5-4-6-8-20)33(17-21-9-10-22(29)16-25(21)30)27(34)18-36-24-13-11-23(31)12-14-24/h4-14,16,19,26H,3,15,17-18H2,1-2H3,(H,32,35)/t19-,26-/m0/s1. The van der Waals surface area contributed by atoms with E-state index in [-0.39, 0.29) is 31.0 Å². The minimum Gasteiger partial charge on any atom is -0.484 e. The lowest BCUT2D eigenvalue weighted by Crippen LogP contribution is -2.53. The molecule has 1 N–H and O–H groups in total. The molecule has 2 amide bonds. The largest absolute Gasteiger partial charge is 0.484 e. The topological polar surface area (TPSA) is 58.6 Å². The Kier molecular flexibility index (Phi) is 10.9. The fourth-order valence-corrected chi connectivity index (χ4v) is 4.42. The van der Waals surface area contributed by atoms with Crippen molar-refractivity contribution >= 4 is 57.6 Å². The molecule has 0 fully saturated rings. The van der Waals surface area contributed by atoms with E-state index in [1.165, 1.54) is 0 Å². The zero-order valence-electron chi connectivity index (χ0n) is 20.2. The van der Waals surface area contributed by atoms with Crippen LogP contribution in [0.25, 0.3) is 0 Å². The van der Waals surface area contributed by atoms with E-state index in [0.29, 0.717) is 27.8 Å². The summed E-state index contributed by atoms with van der Waals surface area (Å²) in [5.41, 5.74) is 1.64. The van der Waals surface area contributed by atoms with Gasteiger partial charge in [-0.3, -0.25) is 9.59 Å². The van der Waals surface area contributed by atoms with E-state index < -0.39 is 6.04 Å². The third kappa shape index (κ3) is 8.39. The molecule has 190 valence electrons. The Balaban J connectivity index is 1.93. The van der Waals surface area contributed by atoms with Crippen LogP contribution in [0.3, 0.4) is 0 Å². The van der Waals surface area contributed by atoms with Gasteiger partial charge in [0.1, 0.15) is 11.8 Å². The molecule has 36 heavy (non-hydrogen) atoms. The minimum absolute atomic E-state index is 0.0325. The molecule has 3 rings (SSSR count). The highest BCUT2D eigenvalue weighted by Crippen LogP contribution is 2.24. The maximum Gasteiger partial charge on any atom is 0.261 e. The van der Waals surface area contributed by atoms with Crippen LogP contribution in [-0.2, 0) is 22.6 Å². The van der Waals surface area contributed by atoms with Crippen molar-refractivity contribution < 1.29 is 14.3 Å². The first-order chi connectivity index (χ1) is 17.3. The van der Waals surface area contributed by atoms with Crippen LogP contribution in [0.2, 0.25) is 10.0 Å². The van der Waals surface area contributed by atoms with Gasteiger partial charge in [-0.2, -0.15) is 0 Å². The van der Waals surface area contributed by atoms with E-state index >= 15 is 0 Å². The number of nitrogens with zero attached hydrogens (tertiary/aromatic N) is 1. The summed E-state index contributed by atoms with van der Waals surface area (Å²) in [6, 6.07) is 21.4. The lowest BCUT2D eigenvalue weighted by atomic mass is 10.0. The predicted molar refractivity (Wildman–Crippen MR) is 153 cm³/mol. The van der Waals surface area contributed by atoms with Gasteiger partial charge < -0.3 is 15.0 Å². The zero-order chi connectivity index (χ0) is 26.1. The smallest absolute Gasteiger partial charge is 0.261 e. The van der Waals surface area contributed by atoms with Gasteiger partial charge in [0.05, 0.1) is 0 Å². The quantitative estimate of drug-likeness (QED) is 0.243. The number of carbonyl (C=O) groups is 2. The molecule has 0 bridgehead atoms. The summed E-state index contributed by atoms with van der Waals surface area (Å²) in [5.74, 6) is 0.0395. The summed E-state index contributed by atoms with van der Waals surface area (Å²) < 4.78 is 6.86. The molecule has 3 aromatic carbocycles. The molecule has 2 atom stereocenters. The number of hydrogen-bond donors (Lipinski definition) is 1. The zero-order valence-corrected chi connectivity index (χ0v) is 23.9. The van der Waals surface area contributed by atoms with E-state index in [9.17, 15) is 9.59 Å². The normalized spacial score (nSPS) is 12.5. The van der Waals surface area contributed by atoms with Crippen LogP contribution in [0, 0.1) is 3.57 Å². The fraction of sp³-hybridized carbons (Fsp3) is 0.286. The SMILES string of the molecule is CC[C@H](C)NC(=O)[C@H](Cc1ccccc1)N(Cc1ccc(Cl)cc1Cl)C(=O)COc1ccc(I)cc1. The molecule has 0 aromatic heterocycles. The van der Waals surface area contributed by atoms with Crippen molar-refractivity contribution in [1.82, 2.24) is 10.2 Å². The molecular weight excluding hydrogens is 610 g/mol. The molecule has 0 saturated heterocycles. The summed E-state index contributed by atoms with van der Waals surface area (Å²) in [6.07, 6.45) is 1.13. The van der Waals surface area contributed by atoms with Crippen LogP contribution >= 0.6 is 45.8 Å². The van der Waals surface area contributed by atoms with Gasteiger partial charge in [-0.1, -0.05) is 66.5 Å². The number of carbonyl (C=O) groups excluding carboxylic acids is 2. The Morgan fingerprint density at radius 3 is 2.36 bits per heavy atom. The molecule has 0 aliphatic heterocycles. The van der Waals surface area contributed by atoms with E-state index in [0.717, 1.165) is 15.6 Å². The van der Waals surface area contributed by atoms with Crippen LogP contribution in [0.1, 0.15) is 31.4 Å². The lowest BCUT2D eigenvalue weighted by Gasteiger charge is -2.32. The van der Waals surface area contributed by atoms with Crippen molar-refractivity contribution in [2.45, 2.75) is 45.3 Å². The first-order valence-electron chi connectivity index (χ1n) is 11.7. The van der Waals surface area contributed by atoms with Crippen LogP contribution in [0.4, 0.5) is 0 Å². The Labute approximate surface area is 236 Å². The first kappa shape index (κ1) is 28.3. The van der Waals surface area contributed by atoms with Gasteiger partial charge in [0, 0.05) is 32.6 Å². The average molecular weight is 639 g/mol. The molecule has 0 unspecified atom stereocenters. The number of hydrogen-bond acceptors (Lipinski definition) is 3. The molecular formula is C28H29Cl2IN2O3. The van der Waals surface area contributed by atoms with Gasteiger partial charge in [-0.05, 0) is 83.5 Å². The number of ether oxygens (including phenoxy) is 1. The third-order valence-electron chi connectivity index (χ3n) is 5.80. The monoisotopic (exact) mass is 638 g/mol. The van der Waals surface area contributed by atoms with E-state index in [1.807, 2.05) is 68.4 Å². The van der Waals surface area contributed by atoms with Crippen LogP contribution in [0.5, 0.6) is 5.75 Å². The van der Waals surface area contributed by atoms with Gasteiger partial charge in [-0.15, -0.1) is 0 Å². The van der Waals surface area contributed by atoms with Crippen molar-refractivity contribution in [3.8, 4) is 5.75 Å². The Hall–Kier alpha value is -2.29. The fourth-order valence-electron chi connectivity index (χ4n) is 3.59. The number of benzene rings is 3. The van der Waals surface area contributed by atoms with Crippen LogP contribution in [0.15, 0.2) is 72.8 Å².